The SMILES string of the molecule is CCC1CCCC(NC2CCN(c3ccccc3)CC2)C1. The Labute approximate surface area is 129 Å². The second kappa shape index (κ2) is 7.31. The van der Waals surface area contributed by atoms with Gasteiger partial charge in [-0.1, -0.05) is 44.4 Å². The molecule has 2 heteroatoms. The van der Waals surface area contributed by atoms with E-state index in [9.17, 15) is 0 Å². The summed E-state index contributed by atoms with van der Waals surface area (Å²) in [7, 11) is 0. The minimum atomic E-state index is 0.741. The van der Waals surface area contributed by atoms with Crippen molar-refractivity contribution in [1.29, 1.82) is 0 Å². The maximum absolute atomic E-state index is 3.97. The Morgan fingerprint density at radius 3 is 2.48 bits per heavy atom. The number of anilines is 1. The third-order valence-electron chi connectivity index (χ3n) is 5.45. The van der Waals surface area contributed by atoms with Crippen LogP contribution in [0, 0.1) is 5.92 Å². The molecular weight excluding hydrogens is 256 g/mol. The van der Waals surface area contributed by atoms with E-state index in [-0.39, 0.29) is 0 Å². The van der Waals surface area contributed by atoms with Crippen molar-refractivity contribution >= 4 is 5.69 Å². The molecule has 0 aromatic heterocycles. The summed E-state index contributed by atoms with van der Waals surface area (Å²) in [6.45, 7) is 4.75. The summed E-state index contributed by atoms with van der Waals surface area (Å²) < 4.78 is 0. The molecule has 3 rings (SSSR count). The first-order valence-corrected chi connectivity index (χ1v) is 8.91. The van der Waals surface area contributed by atoms with Crippen molar-refractivity contribution in [2.75, 3.05) is 18.0 Å². The van der Waals surface area contributed by atoms with E-state index in [1.54, 1.807) is 0 Å². The van der Waals surface area contributed by atoms with Crippen LogP contribution in [0.4, 0.5) is 5.69 Å². The highest BCUT2D eigenvalue weighted by Crippen LogP contribution is 2.28. The Balaban J connectivity index is 1.45. The number of rotatable bonds is 4. The molecule has 0 amide bonds. The van der Waals surface area contributed by atoms with E-state index >= 15 is 0 Å². The first kappa shape index (κ1) is 14.9. The number of hydrogen-bond acceptors (Lipinski definition) is 2. The average molecular weight is 286 g/mol. The molecule has 116 valence electrons. The second-order valence-corrected chi connectivity index (χ2v) is 6.90. The molecule has 1 aliphatic carbocycles. The maximum atomic E-state index is 3.97. The first-order chi connectivity index (χ1) is 10.3. The molecule has 1 aromatic rings. The van der Waals surface area contributed by atoms with E-state index in [1.165, 1.54) is 63.7 Å². The van der Waals surface area contributed by atoms with Crippen LogP contribution in [0.25, 0.3) is 0 Å². The van der Waals surface area contributed by atoms with Gasteiger partial charge in [-0.05, 0) is 43.7 Å². The maximum Gasteiger partial charge on any atom is 0.0366 e. The summed E-state index contributed by atoms with van der Waals surface area (Å²) >= 11 is 0. The molecule has 1 saturated heterocycles. The van der Waals surface area contributed by atoms with E-state index in [4.69, 9.17) is 0 Å². The second-order valence-electron chi connectivity index (χ2n) is 6.90. The third kappa shape index (κ3) is 4.00. The van der Waals surface area contributed by atoms with Crippen molar-refractivity contribution in [3.8, 4) is 0 Å². The number of nitrogens with one attached hydrogen (secondary N) is 1. The number of para-hydroxylation sites is 1. The summed E-state index contributed by atoms with van der Waals surface area (Å²) in [6, 6.07) is 12.4. The highest BCUT2D eigenvalue weighted by Gasteiger charge is 2.25. The number of nitrogens with zero attached hydrogens (tertiary/aromatic N) is 1. The van der Waals surface area contributed by atoms with Crippen molar-refractivity contribution in [2.45, 2.75) is 64.0 Å². The molecule has 0 spiro atoms. The summed E-state index contributed by atoms with van der Waals surface area (Å²) in [6.07, 6.45) is 9.65. The molecule has 2 atom stereocenters. The topological polar surface area (TPSA) is 15.3 Å². The lowest BCUT2D eigenvalue weighted by Gasteiger charge is -2.38. The molecule has 2 fully saturated rings. The smallest absolute Gasteiger partial charge is 0.0366 e. The zero-order valence-electron chi connectivity index (χ0n) is 13.4. The number of benzene rings is 1. The molecule has 1 aromatic carbocycles. The Hall–Kier alpha value is -1.02. The summed E-state index contributed by atoms with van der Waals surface area (Å²) in [4.78, 5) is 2.54. The van der Waals surface area contributed by atoms with Gasteiger partial charge in [-0.3, -0.25) is 0 Å². The van der Waals surface area contributed by atoms with Crippen LogP contribution in [-0.2, 0) is 0 Å². The van der Waals surface area contributed by atoms with E-state index in [2.05, 4.69) is 47.5 Å². The Bertz CT molecular complexity index is 409. The lowest BCUT2D eigenvalue weighted by molar-refractivity contribution is 0.249. The molecule has 0 radical (unpaired) electrons. The minimum Gasteiger partial charge on any atom is -0.371 e. The molecule has 2 aliphatic rings. The Kier molecular flexibility index (Phi) is 5.18. The highest BCUT2D eigenvalue weighted by molar-refractivity contribution is 5.46. The summed E-state index contributed by atoms with van der Waals surface area (Å²) in [5.74, 6) is 0.973. The van der Waals surface area contributed by atoms with Gasteiger partial charge in [-0.25, -0.2) is 0 Å². The van der Waals surface area contributed by atoms with Crippen molar-refractivity contribution in [3.05, 3.63) is 30.3 Å². The quantitative estimate of drug-likeness (QED) is 0.892. The third-order valence-corrected chi connectivity index (χ3v) is 5.45. The van der Waals surface area contributed by atoms with Crippen LogP contribution in [0.15, 0.2) is 30.3 Å². The largest absolute Gasteiger partial charge is 0.371 e. The van der Waals surface area contributed by atoms with Gasteiger partial charge >= 0.3 is 0 Å². The van der Waals surface area contributed by atoms with Crippen LogP contribution >= 0.6 is 0 Å². The van der Waals surface area contributed by atoms with Gasteiger partial charge in [0.1, 0.15) is 0 Å². The fourth-order valence-corrected chi connectivity index (χ4v) is 4.09. The first-order valence-electron chi connectivity index (χ1n) is 8.91. The number of hydrogen-bond donors (Lipinski definition) is 1. The zero-order valence-corrected chi connectivity index (χ0v) is 13.4. The lowest BCUT2D eigenvalue weighted by Crippen LogP contribution is -2.47. The van der Waals surface area contributed by atoms with Gasteiger partial charge in [-0.15, -0.1) is 0 Å². The number of piperidine rings is 1. The van der Waals surface area contributed by atoms with Gasteiger partial charge in [0, 0.05) is 30.9 Å². The fraction of sp³-hybridized carbons (Fsp3) is 0.684. The highest BCUT2D eigenvalue weighted by atomic mass is 15.1. The minimum absolute atomic E-state index is 0.741. The van der Waals surface area contributed by atoms with Crippen LogP contribution in [0.5, 0.6) is 0 Å². The summed E-state index contributed by atoms with van der Waals surface area (Å²) in [5, 5.41) is 3.97. The Morgan fingerprint density at radius 1 is 1.00 bits per heavy atom. The standard InChI is InChI=1S/C19H30N2/c1-2-16-7-6-8-18(15-16)20-17-11-13-21(14-12-17)19-9-4-3-5-10-19/h3-5,9-10,16-18,20H,2,6-8,11-15H2,1H3. The molecule has 2 unspecified atom stereocenters. The van der Waals surface area contributed by atoms with Gasteiger partial charge in [0.15, 0.2) is 0 Å². The molecule has 1 heterocycles. The van der Waals surface area contributed by atoms with Gasteiger partial charge in [0.2, 0.25) is 0 Å². The molecule has 1 saturated carbocycles. The van der Waals surface area contributed by atoms with E-state index < -0.39 is 0 Å². The summed E-state index contributed by atoms with van der Waals surface area (Å²) in [5.41, 5.74) is 1.39. The molecular formula is C19H30N2. The fourth-order valence-electron chi connectivity index (χ4n) is 4.09. The van der Waals surface area contributed by atoms with Crippen LogP contribution in [0.2, 0.25) is 0 Å². The van der Waals surface area contributed by atoms with Crippen LogP contribution in [-0.4, -0.2) is 25.2 Å². The lowest BCUT2D eigenvalue weighted by atomic mass is 9.83. The molecule has 2 nitrogen and oxygen atoms in total. The predicted molar refractivity (Wildman–Crippen MR) is 90.8 cm³/mol. The Morgan fingerprint density at radius 2 is 1.76 bits per heavy atom. The molecule has 0 bridgehead atoms. The monoisotopic (exact) mass is 286 g/mol. The van der Waals surface area contributed by atoms with Crippen molar-refractivity contribution in [3.63, 3.8) is 0 Å². The zero-order chi connectivity index (χ0) is 14.5. The van der Waals surface area contributed by atoms with Crippen LogP contribution in [0.3, 0.4) is 0 Å². The van der Waals surface area contributed by atoms with Crippen molar-refractivity contribution < 1.29 is 0 Å². The van der Waals surface area contributed by atoms with Gasteiger partial charge in [-0.2, -0.15) is 0 Å². The van der Waals surface area contributed by atoms with E-state index in [0.29, 0.717) is 0 Å². The normalized spacial score (nSPS) is 27.8. The van der Waals surface area contributed by atoms with E-state index in [1.807, 2.05) is 0 Å². The van der Waals surface area contributed by atoms with Gasteiger partial charge in [0.25, 0.3) is 0 Å². The van der Waals surface area contributed by atoms with E-state index in [0.717, 1.165) is 18.0 Å². The van der Waals surface area contributed by atoms with Crippen LogP contribution in [0.1, 0.15) is 51.9 Å². The molecule has 21 heavy (non-hydrogen) atoms. The van der Waals surface area contributed by atoms with Crippen molar-refractivity contribution in [2.24, 2.45) is 5.92 Å². The van der Waals surface area contributed by atoms with Gasteiger partial charge < -0.3 is 10.2 Å². The van der Waals surface area contributed by atoms with Crippen molar-refractivity contribution in [1.82, 2.24) is 5.32 Å². The average Bonchev–Trinajstić information content (AvgIpc) is 2.56. The van der Waals surface area contributed by atoms with Gasteiger partial charge in [0.05, 0.1) is 0 Å². The molecule has 1 N–H and O–H groups in total. The van der Waals surface area contributed by atoms with Crippen LogP contribution < -0.4 is 10.2 Å². The molecule has 1 aliphatic heterocycles. The predicted octanol–water partition coefficient (Wildman–Crippen LogP) is 4.21.